The number of ether oxygens (including phenoxy) is 1. The summed E-state index contributed by atoms with van der Waals surface area (Å²) in [5, 5.41) is 2.81. The lowest BCUT2D eigenvalue weighted by Gasteiger charge is -2.32. The minimum absolute atomic E-state index is 0.0204. The van der Waals surface area contributed by atoms with E-state index in [0.717, 1.165) is 0 Å². The van der Waals surface area contributed by atoms with Crippen molar-refractivity contribution in [2.45, 2.75) is 19.6 Å². The average molecular weight is 314 g/mol. The smallest absolute Gasteiger partial charge is 0.268 e. The van der Waals surface area contributed by atoms with Crippen molar-refractivity contribution in [1.29, 1.82) is 0 Å². The lowest BCUT2D eigenvalue weighted by molar-refractivity contribution is -0.128. The van der Waals surface area contributed by atoms with Crippen molar-refractivity contribution in [3.05, 3.63) is 43.0 Å². The maximum atomic E-state index is 12.3. The Morgan fingerprint density at radius 3 is 3.00 bits per heavy atom. The maximum Gasteiger partial charge on any atom is 0.268 e. The van der Waals surface area contributed by atoms with Gasteiger partial charge in [0, 0.05) is 25.5 Å². The van der Waals surface area contributed by atoms with Gasteiger partial charge in [0.15, 0.2) is 6.10 Å². The van der Waals surface area contributed by atoms with Crippen molar-refractivity contribution in [2.24, 2.45) is 0 Å². The van der Waals surface area contributed by atoms with Crippen LogP contribution in [0.5, 0.6) is 5.75 Å². The van der Waals surface area contributed by atoms with Crippen LogP contribution < -0.4 is 15.0 Å². The maximum absolute atomic E-state index is 12.3. The molecule has 1 N–H and O–H groups in total. The van der Waals surface area contributed by atoms with Crippen molar-refractivity contribution in [3.8, 4) is 5.75 Å². The molecule has 1 aromatic carbocycles. The summed E-state index contributed by atoms with van der Waals surface area (Å²) >= 11 is 0. The number of para-hydroxylation sites is 2. The molecular weight excluding hydrogens is 296 g/mol. The second-order valence-electron chi connectivity index (χ2n) is 5.30. The summed E-state index contributed by atoms with van der Waals surface area (Å²) < 4.78 is 7.43. The van der Waals surface area contributed by atoms with Crippen LogP contribution in [0.2, 0.25) is 0 Å². The van der Waals surface area contributed by atoms with Crippen molar-refractivity contribution in [2.75, 3.05) is 18.0 Å². The molecule has 2 aromatic rings. The van der Waals surface area contributed by atoms with E-state index in [1.54, 1.807) is 31.6 Å². The van der Waals surface area contributed by atoms with E-state index in [0.29, 0.717) is 24.5 Å². The third-order valence-electron chi connectivity index (χ3n) is 3.63. The first-order valence-corrected chi connectivity index (χ1v) is 7.44. The highest BCUT2D eigenvalue weighted by Crippen LogP contribution is 2.33. The van der Waals surface area contributed by atoms with Crippen molar-refractivity contribution in [1.82, 2.24) is 14.9 Å². The Morgan fingerprint density at radius 2 is 2.22 bits per heavy atom. The number of fused-ring (bicyclic) bond motifs is 1. The molecule has 2 amide bonds. The van der Waals surface area contributed by atoms with Gasteiger partial charge in [-0.05, 0) is 19.1 Å². The van der Waals surface area contributed by atoms with E-state index in [9.17, 15) is 9.59 Å². The van der Waals surface area contributed by atoms with Crippen LogP contribution in [0.4, 0.5) is 5.69 Å². The van der Waals surface area contributed by atoms with Crippen LogP contribution in [0.1, 0.15) is 6.92 Å². The van der Waals surface area contributed by atoms with Gasteiger partial charge in [-0.2, -0.15) is 0 Å². The SMILES string of the molecule is C[C@@H]1Oc2ccccc2N(CC(=O)NCCn2ccnc2)C1=O. The van der Waals surface area contributed by atoms with Gasteiger partial charge in [-0.1, -0.05) is 12.1 Å². The van der Waals surface area contributed by atoms with Gasteiger partial charge in [0.2, 0.25) is 5.91 Å². The standard InChI is InChI=1S/C16H18N4O3/c1-12-16(22)20(13-4-2-3-5-14(13)23-12)10-15(21)18-7-9-19-8-6-17-11-19/h2-6,8,11-12H,7,9-10H2,1H3,(H,18,21)/t12-/m0/s1. The summed E-state index contributed by atoms with van der Waals surface area (Å²) in [5.41, 5.74) is 0.625. The molecule has 1 aliphatic rings. The van der Waals surface area contributed by atoms with E-state index in [-0.39, 0.29) is 18.4 Å². The summed E-state index contributed by atoms with van der Waals surface area (Å²) in [7, 11) is 0. The molecule has 0 spiro atoms. The molecule has 7 heteroatoms. The molecule has 0 aliphatic carbocycles. The molecular formula is C16H18N4O3. The number of carbonyl (C=O) groups excluding carboxylic acids is 2. The Morgan fingerprint density at radius 1 is 1.39 bits per heavy atom. The molecule has 0 bridgehead atoms. The number of amides is 2. The first-order chi connectivity index (χ1) is 11.1. The zero-order valence-corrected chi connectivity index (χ0v) is 12.8. The molecule has 0 fully saturated rings. The number of nitrogens with zero attached hydrogens (tertiary/aromatic N) is 3. The van der Waals surface area contributed by atoms with Gasteiger partial charge >= 0.3 is 0 Å². The van der Waals surface area contributed by atoms with E-state index in [4.69, 9.17) is 4.74 Å². The quantitative estimate of drug-likeness (QED) is 0.886. The Kier molecular flexibility index (Phi) is 4.27. The Labute approximate surface area is 133 Å². The van der Waals surface area contributed by atoms with Crippen LogP contribution >= 0.6 is 0 Å². The molecule has 2 heterocycles. The number of nitrogens with one attached hydrogen (secondary N) is 1. The fourth-order valence-electron chi connectivity index (χ4n) is 2.46. The first-order valence-electron chi connectivity index (χ1n) is 7.44. The Bertz CT molecular complexity index is 699. The largest absolute Gasteiger partial charge is 0.479 e. The van der Waals surface area contributed by atoms with Crippen LogP contribution in [-0.4, -0.2) is 40.6 Å². The molecule has 0 unspecified atom stereocenters. The monoisotopic (exact) mass is 314 g/mol. The zero-order chi connectivity index (χ0) is 16.2. The Balaban J connectivity index is 1.62. The summed E-state index contributed by atoms with van der Waals surface area (Å²) in [5.74, 6) is 0.196. The van der Waals surface area contributed by atoms with E-state index in [1.165, 1.54) is 4.90 Å². The molecule has 23 heavy (non-hydrogen) atoms. The number of hydrogen-bond donors (Lipinski definition) is 1. The number of carbonyl (C=O) groups is 2. The van der Waals surface area contributed by atoms with Gasteiger partial charge in [-0.15, -0.1) is 0 Å². The van der Waals surface area contributed by atoms with E-state index in [1.807, 2.05) is 22.9 Å². The van der Waals surface area contributed by atoms with Gasteiger partial charge in [-0.3, -0.25) is 14.5 Å². The third kappa shape index (κ3) is 3.33. The number of benzene rings is 1. The van der Waals surface area contributed by atoms with Crippen LogP contribution in [0.3, 0.4) is 0 Å². The number of rotatable bonds is 5. The second-order valence-corrected chi connectivity index (χ2v) is 5.30. The summed E-state index contributed by atoms with van der Waals surface area (Å²) in [4.78, 5) is 29.8. The molecule has 120 valence electrons. The fourth-order valence-corrected chi connectivity index (χ4v) is 2.46. The highest BCUT2D eigenvalue weighted by molar-refractivity contribution is 6.03. The van der Waals surface area contributed by atoms with Gasteiger partial charge in [0.1, 0.15) is 12.3 Å². The van der Waals surface area contributed by atoms with E-state index < -0.39 is 6.10 Å². The van der Waals surface area contributed by atoms with Gasteiger partial charge < -0.3 is 14.6 Å². The summed E-state index contributed by atoms with van der Waals surface area (Å²) in [6.07, 6.45) is 4.61. The molecule has 0 saturated heterocycles. The third-order valence-corrected chi connectivity index (χ3v) is 3.63. The number of anilines is 1. The fraction of sp³-hybridized carbons (Fsp3) is 0.312. The van der Waals surface area contributed by atoms with Crippen LogP contribution in [0, 0.1) is 0 Å². The predicted octanol–water partition coefficient (Wildman–Crippen LogP) is 0.813. The molecule has 1 atom stereocenters. The zero-order valence-electron chi connectivity index (χ0n) is 12.8. The highest BCUT2D eigenvalue weighted by atomic mass is 16.5. The lowest BCUT2D eigenvalue weighted by atomic mass is 10.2. The highest BCUT2D eigenvalue weighted by Gasteiger charge is 2.32. The van der Waals surface area contributed by atoms with Gasteiger partial charge in [0.25, 0.3) is 5.91 Å². The van der Waals surface area contributed by atoms with Gasteiger partial charge in [0.05, 0.1) is 12.0 Å². The predicted molar refractivity (Wildman–Crippen MR) is 84.1 cm³/mol. The summed E-state index contributed by atoms with van der Waals surface area (Å²) in [6, 6.07) is 7.22. The molecule has 0 saturated carbocycles. The van der Waals surface area contributed by atoms with Gasteiger partial charge in [-0.25, -0.2) is 4.98 Å². The van der Waals surface area contributed by atoms with E-state index >= 15 is 0 Å². The lowest BCUT2D eigenvalue weighted by Crippen LogP contribution is -2.49. The van der Waals surface area contributed by atoms with Crippen molar-refractivity contribution in [3.63, 3.8) is 0 Å². The minimum atomic E-state index is -0.594. The number of imidazole rings is 1. The Hall–Kier alpha value is -2.83. The van der Waals surface area contributed by atoms with E-state index in [2.05, 4.69) is 10.3 Å². The molecule has 7 nitrogen and oxygen atoms in total. The normalized spacial score (nSPS) is 16.7. The van der Waals surface area contributed by atoms with Crippen molar-refractivity contribution >= 4 is 17.5 Å². The number of hydrogen-bond acceptors (Lipinski definition) is 4. The molecule has 3 rings (SSSR count). The van der Waals surface area contributed by atoms with Crippen molar-refractivity contribution < 1.29 is 14.3 Å². The van der Waals surface area contributed by atoms with Crippen LogP contribution in [0.25, 0.3) is 0 Å². The average Bonchev–Trinajstić information content (AvgIpc) is 3.05. The van der Waals surface area contributed by atoms with Crippen LogP contribution in [0.15, 0.2) is 43.0 Å². The molecule has 1 aromatic heterocycles. The first kappa shape index (κ1) is 15.1. The number of aromatic nitrogens is 2. The summed E-state index contributed by atoms with van der Waals surface area (Å²) in [6.45, 7) is 2.77. The molecule has 0 radical (unpaired) electrons. The molecule has 1 aliphatic heterocycles. The van der Waals surface area contributed by atoms with Crippen LogP contribution in [-0.2, 0) is 16.1 Å². The topological polar surface area (TPSA) is 76.5 Å². The second kappa shape index (κ2) is 6.51. The minimum Gasteiger partial charge on any atom is -0.479 e.